The molecule has 12 unspecified atom stereocenters. The Morgan fingerprint density at radius 3 is 1.28 bits per heavy atom. The fraction of sp³-hybridized carbons (Fsp3) is 0.909. The minimum absolute atomic E-state index is 0.0862. The molecule has 0 bridgehead atoms. The van der Waals surface area contributed by atoms with Crippen LogP contribution in [-0.2, 0) is 85.6 Å². The Balaban J connectivity index is 1.30. The van der Waals surface area contributed by atoms with Gasteiger partial charge in [-0.2, -0.15) is 0 Å². The number of rotatable bonds is 63. The van der Waals surface area contributed by atoms with Gasteiger partial charge >= 0.3 is 11.9 Å². The van der Waals surface area contributed by atoms with Gasteiger partial charge in [-0.1, -0.05) is 206 Å². The summed E-state index contributed by atoms with van der Waals surface area (Å²) in [6.45, 7) is -0.967. The van der Waals surface area contributed by atoms with Crippen LogP contribution in [-0.4, -0.2) is 396 Å². The van der Waals surface area contributed by atoms with E-state index >= 15 is 0 Å². The smallest absolute Gasteiger partial charge is 0.364 e. The van der Waals surface area contributed by atoms with E-state index in [2.05, 4.69) is 35.1 Å². The Bertz CT molecular complexity index is 3270. The molecule has 6 heterocycles. The number of hydrogen-bond donors (Lipinski definition) is 25. The summed E-state index contributed by atoms with van der Waals surface area (Å²) >= 11 is 0. The van der Waals surface area contributed by atoms with Crippen LogP contribution in [0.3, 0.4) is 0 Å². The number of hydrogen-bond acceptors (Lipinski definition) is 37. The number of unbranched alkanes of at least 4 members (excludes halogenated alkanes) is 29. The van der Waals surface area contributed by atoms with Gasteiger partial charge < -0.3 is 185 Å². The van der Waals surface area contributed by atoms with E-state index in [-0.39, 0.29) is 6.42 Å². The van der Waals surface area contributed by atoms with Crippen LogP contribution in [0.1, 0.15) is 253 Å². The highest BCUT2D eigenvalue weighted by atomic mass is 16.8. The number of aliphatic carboxylic acids is 2. The summed E-state index contributed by atoms with van der Waals surface area (Å²) in [4.78, 5) is 80.5. The number of aliphatic hydroxyl groups is 19. The van der Waals surface area contributed by atoms with E-state index in [1.165, 1.54) is 128 Å². The predicted molar refractivity (Wildman–Crippen MR) is 458 cm³/mol. The fourth-order valence-electron chi connectivity index (χ4n) is 17.6. The van der Waals surface area contributed by atoms with Gasteiger partial charge in [0.05, 0.1) is 82.7 Å². The number of carbonyl (C=O) groups excluding carboxylic acids is 4. The lowest BCUT2D eigenvalue weighted by Gasteiger charge is -2.53. The second kappa shape index (κ2) is 59.6. The molecule has 0 spiro atoms. The maximum atomic E-state index is 14.4. The Morgan fingerprint density at radius 1 is 0.412 bits per heavy atom. The van der Waals surface area contributed by atoms with E-state index in [9.17, 15) is 136 Å². The van der Waals surface area contributed by atoms with Crippen LogP contribution in [0, 0.1) is 0 Å². The molecule has 4 amide bonds. The molecule has 43 nitrogen and oxygen atoms in total. The van der Waals surface area contributed by atoms with E-state index in [1.54, 1.807) is 6.08 Å². The first-order valence-corrected chi connectivity index (χ1v) is 47.2. The highest BCUT2D eigenvalue weighted by molar-refractivity contribution is 5.78. The molecule has 131 heavy (non-hydrogen) atoms. The van der Waals surface area contributed by atoms with Crippen LogP contribution in [0.25, 0.3) is 0 Å². The molecule has 762 valence electrons. The average molecular weight is 1890 g/mol. The zero-order valence-electron chi connectivity index (χ0n) is 76.4. The van der Waals surface area contributed by atoms with Crippen molar-refractivity contribution in [1.29, 1.82) is 0 Å². The SMILES string of the molecule is CCCCCCCCCCCCC/C=C/[C@@H](O)[C@H](CO[C@@H]1OC(CO)[C@@H](O[C@@H]2OC(CO)[C@H](O[C@@H]3OC(CO)[C@H](O)[C@H](O[C@@H]4OC(CO)[C@H](O)[C@H](O)C4O)C3NC(C)=O)[C@H](O[C@]3(C(=O)O)CC(O)[C@@H](NC(C)=O)C([C@H](O)[C@@H](CO)O[C@]4(C(=O)O)CC(O)[C@@H](NC(C)=O)C([C@H](O)[C@H](O)CO)O4)O3)C2O)[C@H](O)C1O)NC(=O)CCCCCCCCCCCCCCCCCCCCC. The molecule has 6 saturated heterocycles. The third-order valence-corrected chi connectivity index (χ3v) is 25.1. The first-order chi connectivity index (χ1) is 62.6. The van der Waals surface area contributed by atoms with Gasteiger partial charge in [0.15, 0.2) is 25.2 Å². The minimum atomic E-state index is -3.69. The van der Waals surface area contributed by atoms with Gasteiger partial charge in [-0.15, -0.1) is 0 Å². The van der Waals surface area contributed by atoms with E-state index in [0.29, 0.717) is 12.8 Å². The number of nitrogens with one attached hydrogen (secondary N) is 4. The van der Waals surface area contributed by atoms with Crippen molar-refractivity contribution in [3.63, 3.8) is 0 Å². The van der Waals surface area contributed by atoms with Crippen molar-refractivity contribution in [2.75, 3.05) is 46.2 Å². The quantitative estimate of drug-likeness (QED) is 0.0225. The number of ether oxygens (including phenoxy) is 12. The predicted octanol–water partition coefficient (Wildman–Crippen LogP) is -2.31. The monoisotopic (exact) mass is 1890 g/mol. The van der Waals surface area contributed by atoms with E-state index < -0.39 is 302 Å². The lowest BCUT2D eigenvalue weighted by Crippen LogP contribution is -2.73. The lowest BCUT2D eigenvalue weighted by atomic mass is 9.87. The molecule has 6 aliphatic heterocycles. The summed E-state index contributed by atoms with van der Waals surface area (Å²) in [6.07, 6.45) is -26.6. The normalized spacial score (nSPS) is 34.4. The first kappa shape index (κ1) is 115. The third kappa shape index (κ3) is 34.7. The average Bonchev–Trinajstić information content (AvgIpc) is 0.738. The topological polar surface area (TPSA) is 686 Å². The maximum absolute atomic E-state index is 14.4. The summed E-state index contributed by atoms with van der Waals surface area (Å²) in [5.41, 5.74) is 0. The van der Waals surface area contributed by atoms with Crippen LogP contribution in [0.2, 0.25) is 0 Å². The zero-order valence-corrected chi connectivity index (χ0v) is 76.4. The van der Waals surface area contributed by atoms with Crippen LogP contribution >= 0.6 is 0 Å². The van der Waals surface area contributed by atoms with Gasteiger partial charge in [-0.3, -0.25) is 19.2 Å². The van der Waals surface area contributed by atoms with Gasteiger partial charge in [0.2, 0.25) is 23.6 Å². The molecule has 43 heteroatoms. The van der Waals surface area contributed by atoms with Gasteiger partial charge in [0.1, 0.15) is 134 Å². The van der Waals surface area contributed by atoms with Gasteiger partial charge in [-0.25, -0.2) is 9.59 Å². The summed E-state index contributed by atoms with van der Waals surface area (Å²) < 4.78 is 72.3. The molecule has 0 aliphatic carbocycles. The number of aliphatic hydroxyl groups excluding tert-OH is 19. The number of carbonyl (C=O) groups is 6. The van der Waals surface area contributed by atoms with Crippen molar-refractivity contribution in [3.8, 4) is 0 Å². The molecule has 6 rings (SSSR count). The van der Waals surface area contributed by atoms with Gasteiger partial charge in [-0.05, 0) is 19.3 Å². The largest absolute Gasteiger partial charge is 0.477 e. The van der Waals surface area contributed by atoms with Crippen LogP contribution in [0.4, 0.5) is 0 Å². The highest BCUT2D eigenvalue weighted by Crippen LogP contribution is 2.43. The Hall–Kier alpha value is -4.68. The second-order valence-electron chi connectivity index (χ2n) is 35.7. The summed E-state index contributed by atoms with van der Waals surface area (Å²) in [6, 6.07) is -7.15. The standard InChI is InChI=1S/C88H156N4O39/c1-6-8-10-12-14-16-18-20-21-22-23-24-25-27-29-31-33-35-37-39-62(106)92-52(53(102)38-36-34-32-30-28-26-19-17-15-13-11-9-7-2)48-120-82-73(114)71(112)75(60(46-97)123-82)125-84-74(115)80(76(61(47-98)124-84)126-81-65(91-51(5)101)77(68(109)58(44-95)121-81)127-83-72(113)70(111)67(108)57(43-94)122-83)131-88(86(118)119)41-55(104)64(90-50(4)100)79(130-88)69(110)59(45-96)128-87(85(116)117)40-54(103)63(89-49(3)99)78(129-87)66(107)56(105)42-93/h36,38,52-61,63-84,93-98,102-105,107-115H,6-35,37,39-48H2,1-5H3,(H,89,99)(H,90,100)(H,91,101)(H,92,106)(H,116,117)(H,118,119)/b38-36+/t52-,53+,54?,55?,56+,57?,58?,59+,60?,61?,63+,64+,65?,66+,67-,68-,69+,70-,71+,72?,73?,74?,75+,76-,77+,78?,79?,80+,81-,82+,83-,84-,87+,88-/m0/s1. The first-order valence-electron chi connectivity index (χ1n) is 47.2. The molecule has 25 N–H and O–H groups in total. The second-order valence-corrected chi connectivity index (χ2v) is 35.7. The molecule has 6 aliphatic rings. The van der Waals surface area contributed by atoms with E-state index in [1.807, 2.05) is 0 Å². The van der Waals surface area contributed by atoms with Crippen molar-refractivity contribution >= 4 is 35.6 Å². The fourth-order valence-corrected chi connectivity index (χ4v) is 17.6. The van der Waals surface area contributed by atoms with Crippen molar-refractivity contribution in [1.82, 2.24) is 21.3 Å². The van der Waals surface area contributed by atoms with Gasteiger partial charge in [0.25, 0.3) is 11.6 Å². The molecular weight excluding hydrogens is 1740 g/mol. The molecule has 0 radical (unpaired) electrons. The zero-order chi connectivity index (χ0) is 96.7. The minimum Gasteiger partial charge on any atom is -0.477 e. The lowest BCUT2D eigenvalue weighted by molar-refractivity contribution is -0.404. The molecule has 34 atom stereocenters. The van der Waals surface area contributed by atoms with Crippen molar-refractivity contribution in [2.24, 2.45) is 0 Å². The number of carboxylic acids is 2. The Morgan fingerprint density at radius 2 is 0.809 bits per heavy atom. The van der Waals surface area contributed by atoms with E-state index in [4.69, 9.17) is 56.8 Å². The molecule has 6 fully saturated rings. The summed E-state index contributed by atoms with van der Waals surface area (Å²) in [5.74, 6) is -15.0. The molecular formula is C88H156N4O39. The maximum Gasteiger partial charge on any atom is 0.364 e. The molecule has 0 saturated carbocycles. The van der Waals surface area contributed by atoms with Crippen molar-refractivity contribution in [2.45, 2.75) is 460 Å². The molecule has 0 aromatic rings. The van der Waals surface area contributed by atoms with Crippen molar-refractivity contribution in [3.05, 3.63) is 12.2 Å². The highest BCUT2D eigenvalue weighted by Gasteiger charge is 2.64. The van der Waals surface area contributed by atoms with Crippen LogP contribution < -0.4 is 21.3 Å². The number of carboxylic acid groups (broad SMARTS) is 2. The van der Waals surface area contributed by atoms with Crippen molar-refractivity contribution < 1.29 is 193 Å². The summed E-state index contributed by atoms with van der Waals surface area (Å²) in [7, 11) is 0. The third-order valence-electron chi connectivity index (χ3n) is 25.1. The van der Waals surface area contributed by atoms with Crippen LogP contribution in [0.15, 0.2) is 12.2 Å². The molecule has 0 aromatic carbocycles. The number of allylic oxidation sites excluding steroid dienone is 1. The molecule has 0 aromatic heterocycles. The Kier molecular flexibility index (Phi) is 52.3. The summed E-state index contributed by atoms with van der Waals surface area (Å²) in [5, 5.41) is 248. The van der Waals surface area contributed by atoms with Crippen LogP contribution in [0.5, 0.6) is 0 Å². The number of amides is 4. The van der Waals surface area contributed by atoms with E-state index in [0.717, 1.165) is 85.0 Å². The van der Waals surface area contributed by atoms with Gasteiger partial charge in [0, 0.05) is 40.0 Å². The Labute approximate surface area is 765 Å².